The zero-order valence-electron chi connectivity index (χ0n) is 8.93. The first-order valence-corrected chi connectivity index (χ1v) is 4.41. The van der Waals surface area contributed by atoms with Gasteiger partial charge < -0.3 is 9.84 Å². The zero-order chi connectivity index (χ0) is 10.4. The van der Waals surface area contributed by atoms with Crippen molar-refractivity contribution in [2.45, 2.75) is 40.2 Å². The van der Waals surface area contributed by atoms with Crippen molar-refractivity contribution in [3.05, 3.63) is 0 Å². The van der Waals surface area contributed by atoms with Crippen LogP contribution in [0.5, 0.6) is 0 Å². The van der Waals surface area contributed by atoms with Crippen LogP contribution in [0.15, 0.2) is 0 Å². The Bertz CT molecular complexity index is 51.8. The number of rotatable bonds is 4. The van der Waals surface area contributed by atoms with Crippen LogP contribution in [0.1, 0.15) is 34.1 Å². The largest absolute Gasteiger partial charge is 0.394 e. The third-order valence-electron chi connectivity index (χ3n) is 1.07. The van der Waals surface area contributed by atoms with Crippen LogP contribution >= 0.6 is 0 Å². The van der Waals surface area contributed by atoms with Crippen LogP contribution < -0.4 is 0 Å². The van der Waals surface area contributed by atoms with Gasteiger partial charge in [0.2, 0.25) is 0 Å². The van der Waals surface area contributed by atoms with Crippen molar-refractivity contribution in [1.82, 2.24) is 0 Å². The van der Waals surface area contributed by atoms with E-state index in [2.05, 4.69) is 6.92 Å². The number of hydrogen-bond donors (Lipinski definition) is 1. The lowest BCUT2D eigenvalue weighted by Gasteiger charge is -2.07. The van der Waals surface area contributed by atoms with Crippen LogP contribution in [0.3, 0.4) is 0 Å². The van der Waals surface area contributed by atoms with E-state index in [1.165, 1.54) is 0 Å². The fourth-order valence-corrected chi connectivity index (χ4v) is 0.372. The summed E-state index contributed by atoms with van der Waals surface area (Å²) in [6, 6.07) is 0. The third-order valence-corrected chi connectivity index (χ3v) is 1.07. The molecule has 0 radical (unpaired) electrons. The van der Waals surface area contributed by atoms with Gasteiger partial charge >= 0.3 is 0 Å². The van der Waals surface area contributed by atoms with Gasteiger partial charge in [0, 0.05) is 0 Å². The van der Waals surface area contributed by atoms with Gasteiger partial charge in [-0.05, 0) is 13.3 Å². The Morgan fingerprint density at radius 2 is 1.75 bits per heavy atom. The predicted molar refractivity (Wildman–Crippen MR) is 51.2 cm³/mol. The monoisotopic (exact) mass is 182 g/mol. The Labute approximate surface area is 75.7 Å². The van der Waals surface area contributed by atoms with Crippen LogP contribution in [0.4, 0.5) is 4.39 Å². The van der Waals surface area contributed by atoms with Crippen molar-refractivity contribution in [3.8, 4) is 0 Å². The maximum absolute atomic E-state index is 9.50. The van der Waals surface area contributed by atoms with Gasteiger partial charge in [0.05, 0.1) is 26.5 Å². The first-order valence-electron chi connectivity index (χ1n) is 4.41. The van der Waals surface area contributed by atoms with Crippen molar-refractivity contribution in [3.63, 3.8) is 0 Å². The summed E-state index contributed by atoms with van der Waals surface area (Å²) >= 11 is 0. The highest BCUT2D eigenvalue weighted by Crippen LogP contribution is 1.93. The molecule has 0 rings (SSSR count). The quantitative estimate of drug-likeness (QED) is 0.723. The second-order valence-corrected chi connectivity index (χ2v) is 1.81. The van der Waals surface area contributed by atoms with E-state index in [1.807, 2.05) is 20.8 Å². The summed E-state index contributed by atoms with van der Waals surface area (Å²) in [5, 5.41) is 8.29. The fourth-order valence-electron chi connectivity index (χ4n) is 0.372. The molecule has 0 aromatic carbocycles. The van der Waals surface area contributed by atoms with Gasteiger partial charge in [0.25, 0.3) is 0 Å². The summed E-state index contributed by atoms with van der Waals surface area (Å²) in [6.45, 7) is 8.65. The minimum atomic E-state index is 0.129. The van der Waals surface area contributed by atoms with E-state index >= 15 is 0 Å². The highest BCUT2D eigenvalue weighted by Gasteiger charge is 1.94. The van der Waals surface area contributed by atoms with E-state index in [-0.39, 0.29) is 6.61 Å². The minimum absolute atomic E-state index is 0.129. The molecule has 0 fully saturated rings. The van der Waals surface area contributed by atoms with Crippen LogP contribution in [-0.2, 0) is 4.74 Å². The summed E-state index contributed by atoms with van der Waals surface area (Å²) < 4.78 is 14.6. The van der Waals surface area contributed by atoms with Gasteiger partial charge in [-0.3, -0.25) is 4.39 Å². The molecule has 2 nitrogen and oxygen atoms in total. The lowest BCUT2D eigenvalue weighted by molar-refractivity contribution is 0.0374. The molecule has 0 spiro atoms. The smallest absolute Gasteiger partial charge is 0.0785 e. The Balaban J connectivity index is -0.000000175. The van der Waals surface area contributed by atoms with E-state index in [9.17, 15) is 4.39 Å². The molecule has 0 bridgehead atoms. The molecule has 0 amide bonds. The van der Waals surface area contributed by atoms with Crippen LogP contribution in [0, 0.1) is 0 Å². The summed E-state index contributed by atoms with van der Waals surface area (Å²) in [4.78, 5) is 0. The number of halogens is 1. The molecule has 0 aliphatic heterocycles. The molecule has 0 unspecified atom stereocenters. The van der Waals surface area contributed by atoms with Gasteiger partial charge in [-0.15, -0.1) is 0 Å². The van der Waals surface area contributed by atoms with Crippen molar-refractivity contribution >= 4 is 0 Å². The first kappa shape index (κ1) is 17.8. The van der Waals surface area contributed by atoms with Crippen molar-refractivity contribution in [1.29, 1.82) is 0 Å². The molecular weight excluding hydrogens is 159 g/mol. The molecule has 12 heavy (non-hydrogen) atoms. The summed E-state index contributed by atoms with van der Waals surface area (Å²) in [5.41, 5.74) is 0. The van der Waals surface area contributed by atoms with E-state index < -0.39 is 0 Å². The molecule has 1 atom stereocenters. The fraction of sp³-hybridized carbons (Fsp3) is 1.00. The second kappa shape index (κ2) is 22.4. The predicted octanol–water partition coefficient (Wildman–Crippen LogP) is 2.41. The molecule has 0 aliphatic carbocycles. The van der Waals surface area contributed by atoms with Crippen molar-refractivity contribution in [2.75, 3.05) is 20.4 Å². The zero-order valence-corrected chi connectivity index (χ0v) is 8.93. The molecule has 0 heterocycles. The molecule has 3 heteroatoms. The summed E-state index contributed by atoms with van der Waals surface area (Å²) in [7, 11) is 0.500. The lowest BCUT2D eigenvalue weighted by Crippen LogP contribution is -2.09. The Morgan fingerprint density at radius 1 is 1.33 bits per heavy atom. The van der Waals surface area contributed by atoms with Gasteiger partial charge in [-0.25, -0.2) is 0 Å². The average Bonchev–Trinajstić information content (AvgIpc) is 2.20. The Hall–Kier alpha value is -0.150. The molecule has 0 aliphatic rings. The SMILES string of the molecule is CC.CC[C@@H](C)OCCO.CF. The van der Waals surface area contributed by atoms with Crippen LogP contribution in [0.2, 0.25) is 0 Å². The van der Waals surface area contributed by atoms with Gasteiger partial charge in [0.1, 0.15) is 0 Å². The standard InChI is InChI=1S/C6H14O2.C2H6.CH3F/c1-3-6(2)8-5-4-7;2*1-2/h6-7H,3-5H2,1-2H3;1-2H3;1H3/t6-;;/m1../s1. The molecule has 78 valence electrons. The van der Waals surface area contributed by atoms with E-state index in [1.54, 1.807) is 0 Å². The Morgan fingerprint density at radius 3 is 2.00 bits per heavy atom. The third kappa shape index (κ3) is 22.5. The maximum atomic E-state index is 9.50. The second-order valence-electron chi connectivity index (χ2n) is 1.81. The van der Waals surface area contributed by atoms with Crippen LogP contribution in [-0.4, -0.2) is 31.6 Å². The number of aliphatic hydroxyl groups is 1. The van der Waals surface area contributed by atoms with E-state index in [0.717, 1.165) is 6.42 Å². The van der Waals surface area contributed by atoms with Crippen molar-refractivity contribution in [2.24, 2.45) is 0 Å². The van der Waals surface area contributed by atoms with Crippen molar-refractivity contribution < 1.29 is 14.2 Å². The van der Waals surface area contributed by atoms with Crippen LogP contribution in [0.25, 0.3) is 0 Å². The van der Waals surface area contributed by atoms with E-state index in [4.69, 9.17) is 9.84 Å². The van der Waals surface area contributed by atoms with E-state index in [0.29, 0.717) is 19.9 Å². The molecule has 0 aromatic rings. The first-order chi connectivity index (χ1) is 5.81. The Kier molecular flexibility index (Phi) is 33.3. The normalized spacial score (nSPS) is 10.2. The van der Waals surface area contributed by atoms with Gasteiger partial charge in [-0.1, -0.05) is 20.8 Å². The number of hydrogen-bond acceptors (Lipinski definition) is 2. The number of ether oxygens (including phenoxy) is 1. The lowest BCUT2D eigenvalue weighted by atomic mass is 10.3. The van der Waals surface area contributed by atoms with Gasteiger partial charge in [-0.2, -0.15) is 0 Å². The highest BCUT2D eigenvalue weighted by atomic mass is 19.1. The summed E-state index contributed by atoms with van der Waals surface area (Å²) in [5.74, 6) is 0. The highest BCUT2D eigenvalue weighted by molar-refractivity contribution is 4.42. The molecule has 1 N–H and O–H groups in total. The molecule has 0 aromatic heterocycles. The summed E-state index contributed by atoms with van der Waals surface area (Å²) in [6.07, 6.45) is 1.31. The van der Waals surface area contributed by atoms with Gasteiger partial charge in [0.15, 0.2) is 0 Å². The average molecular weight is 182 g/mol. The number of alkyl halides is 1. The molecular formula is C9H23FO2. The molecule has 0 saturated carbocycles. The number of aliphatic hydroxyl groups excluding tert-OH is 1. The molecule has 0 saturated heterocycles. The topological polar surface area (TPSA) is 29.5 Å². The maximum Gasteiger partial charge on any atom is 0.0785 e. The minimum Gasteiger partial charge on any atom is -0.394 e.